The van der Waals surface area contributed by atoms with E-state index in [0.29, 0.717) is 38.8 Å². The van der Waals surface area contributed by atoms with Gasteiger partial charge in [0.05, 0.1) is 6.10 Å². The first-order chi connectivity index (χ1) is 11.0. The van der Waals surface area contributed by atoms with Crippen molar-refractivity contribution in [2.75, 3.05) is 19.7 Å². The van der Waals surface area contributed by atoms with Gasteiger partial charge in [0.25, 0.3) is 0 Å². The molecule has 0 atom stereocenters. The molecule has 1 aliphatic heterocycles. The van der Waals surface area contributed by atoms with E-state index in [1.54, 1.807) is 4.90 Å². The van der Waals surface area contributed by atoms with Crippen LogP contribution in [-0.2, 0) is 19.1 Å². The van der Waals surface area contributed by atoms with Crippen LogP contribution < -0.4 is 5.73 Å². The SMILES string of the molecule is NC(=O)COC1CCN(C(=O)C2(C(=O)O)CCCCCC2)CC1. The van der Waals surface area contributed by atoms with Gasteiger partial charge in [0.1, 0.15) is 12.0 Å². The number of carbonyl (C=O) groups is 3. The summed E-state index contributed by atoms with van der Waals surface area (Å²) in [6, 6.07) is 0. The van der Waals surface area contributed by atoms with Gasteiger partial charge in [-0.25, -0.2) is 0 Å². The molecule has 2 fully saturated rings. The summed E-state index contributed by atoms with van der Waals surface area (Å²) in [7, 11) is 0. The van der Waals surface area contributed by atoms with Gasteiger partial charge in [-0.05, 0) is 25.7 Å². The maximum absolute atomic E-state index is 12.9. The third-order valence-corrected chi connectivity index (χ3v) is 4.97. The molecule has 0 spiro atoms. The summed E-state index contributed by atoms with van der Waals surface area (Å²) in [5.74, 6) is -1.75. The summed E-state index contributed by atoms with van der Waals surface area (Å²) in [6.07, 6.45) is 5.53. The summed E-state index contributed by atoms with van der Waals surface area (Å²) >= 11 is 0. The van der Waals surface area contributed by atoms with Gasteiger partial charge in [-0.1, -0.05) is 25.7 Å². The number of amides is 2. The molecule has 0 bridgehead atoms. The first kappa shape index (κ1) is 17.7. The second-order valence-corrected chi connectivity index (χ2v) is 6.57. The monoisotopic (exact) mass is 326 g/mol. The number of aliphatic carboxylic acids is 1. The molecule has 0 radical (unpaired) electrons. The molecule has 0 aromatic heterocycles. The van der Waals surface area contributed by atoms with Crippen LogP contribution in [0.15, 0.2) is 0 Å². The van der Waals surface area contributed by atoms with Crippen LogP contribution in [0.25, 0.3) is 0 Å². The maximum Gasteiger partial charge on any atom is 0.319 e. The summed E-state index contributed by atoms with van der Waals surface area (Å²) in [5.41, 5.74) is 3.80. The molecule has 2 aliphatic rings. The minimum atomic E-state index is -1.25. The van der Waals surface area contributed by atoms with Crippen LogP contribution in [0.3, 0.4) is 0 Å². The molecule has 7 heteroatoms. The number of nitrogens with zero attached hydrogens (tertiary/aromatic N) is 1. The quantitative estimate of drug-likeness (QED) is 0.576. The number of likely N-dealkylation sites (tertiary alicyclic amines) is 1. The van der Waals surface area contributed by atoms with Crippen molar-refractivity contribution in [3.8, 4) is 0 Å². The average molecular weight is 326 g/mol. The predicted octanol–water partition coefficient (Wildman–Crippen LogP) is 0.904. The van der Waals surface area contributed by atoms with Gasteiger partial charge in [0.15, 0.2) is 0 Å². The van der Waals surface area contributed by atoms with Crippen LogP contribution >= 0.6 is 0 Å². The van der Waals surface area contributed by atoms with Gasteiger partial charge in [0, 0.05) is 13.1 Å². The highest BCUT2D eigenvalue weighted by Crippen LogP contribution is 2.38. The zero-order chi connectivity index (χ0) is 16.9. The van der Waals surface area contributed by atoms with Gasteiger partial charge < -0.3 is 20.5 Å². The number of nitrogens with two attached hydrogens (primary N) is 1. The molecule has 1 heterocycles. The Bertz CT molecular complexity index is 449. The third-order valence-electron chi connectivity index (χ3n) is 4.97. The molecule has 2 rings (SSSR count). The standard InChI is InChI=1S/C16H26N2O5/c17-13(19)11-23-12-5-9-18(10-6-12)14(20)16(15(21)22)7-3-1-2-4-8-16/h12H,1-11H2,(H2,17,19)(H,21,22). The Hall–Kier alpha value is -1.63. The normalized spacial score (nSPS) is 22.3. The second-order valence-electron chi connectivity index (χ2n) is 6.57. The van der Waals surface area contributed by atoms with Gasteiger partial charge in [-0.3, -0.25) is 14.4 Å². The molecule has 7 nitrogen and oxygen atoms in total. The van der Waals surface area contributed by atoms with Gasteiger partial charge in [0.2, 0.25) is 11.8 Å². The van der Waals surface area contributed by atoms with Gasteiger partial charge >= 0.3 is 5.97 Å². The number of carboxylic acid groups (broad SMARTS) is 1. The van der Waals surface area contributed by atoms with Crippen molar-refractivity contribution in [3.63, 3.8) is 0 Å². The van der Waals surface area contributed by atoms with E-state index in [4.69, 9.17) is 10.5 Å². The number of hydrogen-bond donors (Lipinski definition) is 2. The Morgan fingerprint density at radius 2 is 1.65 bits per heavy atom. The first-order valence-electron chi connectivity index (χ1n) is 8.38. The zero-order valence-corrected chi connectivity index (χ0v) is 13.5. The molecule has 0 aromatic rings. The Kier molecular flexibility index (Phi) is 5.98. The van der Waals surface area contributed by atoms with Crippen LogP contribution in [0, 0.1) is 5.41 Å². The van der Waals surface area contributed by atoms with Crippen LogP contribution in [0.1, 0.15) is 51.4 Å². The molecular formula is C16H26N2O5. The first-order valence-corrected chi connectivity index (χ1v) is 8.38. The fourth-order valence-electron chi connectivity index (χ4n) is 3.58. The van der Waals surface area contributed by atoms with Crippen molar-refractivity contribution < 1.29 is 24.2 Å². The van der Waals surface area contributed by atoms with E-state index in [1.807, 2.05) is 0 Å². The van der Waals surface area contributed by atoms with Crippen molar-refractivity contribution in [2.45, 2.75) is 57.5 Å². The Labute approximate surface area is 136 Å². The highest BCUT2D eigenvalue weighted by Gasteiger charge is 2.48. The van der Waals surface area contributed by atoms with Crippen LogP contribution in [0.5, 0.6) is 0 Å². The number of rotatable bonds is 5. The summed E-state index contributed by atoms with van der Waals surface area (Å²) in [5, 5.41) is 9.69. The lowest BCUT2D eigenvalue weighted by Gasteiger charge is -2.37. The molecule has 1 aliphatic carbocycles. The molecule has 23 heavy (non-hydrogen) atoms. The predicted molar refractivity (Wildman–Crippen MR) is 82.5 cm³/mol. The fraction of sp³-hybridized carbons (Fsp3) is 0.812. The number of carboxylic acids is 1. The molecule has 1 saturated carbocycles. The third kappa shape index (κ3) is 4.22. The number of ether oxygens (including phenoxy) is 1. The summed E-state index contributed by atoms with van der Waals surface area (Å²) in [6.45, 7) is 0.826. The van der Waals surface area contributed by atoms with E-state index >= 15 is 0 Å². The lowest BCUT2D eigenvalue weighted by atomic mass is 9.78. The second kappa shape index (κ2) is 7.77. The van der Waals surface area contributed by atoms with Crippen LogP contribution in [0.4, 0.5) is 0 Å². The Balaban J connectivity index is 1.96. The molecule has 3 N–H and O–H groups in total. The van der Waals surface area contributed by atoms with Crippen molar-refractivity contribution in [2.24, 2.45) is 11.1 Å². The Morgan fingerprint density at radius 3 is 2.13 bits per heavy atom. The van der Waals surface area contributed by atoms with E-state index in [9.17, 15) is 19.5 Å². The van der Waals surface area contributed by atoms with E-state index < -0.39 is 17.3 Å². The lowest BCUT2D eigenvalue weighted by Crippen LogP contribution is -2.51. The van der Waals surface area contributed by atoms with Crippen LogP contribution in [-0.4, -0.2) is 53.6 Å². The topological polar surface area (TPSA) is 110 Å². The highest BCUT2D eigenvalue weighted by atomic mass is 16.5. The molecule has 0 aromatic carbocycles. The Morgan fingerprint density at radius 1 is 1.09 bits per heavy atom. The number of piperidine rings is 1. The summed E-state index contributed by atoms with van der Waals surface area (Å²) in [4.78, 5) is 37.1. The van der Waals surface area contributed by atoms with Crippen molar-refractivity contribution >= 4 is 17.8 Å². The minimum Gasteiger partial charge on any atom is -0.480 e. The van der Waals surface area contributed by atoms with E-state index in [1.165, 1.54) is 0 Å². The highest BCUT2D eigenvalue weighted by molar-refractivity contribution is 6.02. The summed E-state index contributed by atoms with van der Waals surface area (Å²) < 4.78 is 5.38. The molecule has 1 saturated heterocycles. The smallest absolute Gasteiger partial charge is 0.319 e. The number of hydrogen-bond acceptors (Lipinski definition) is 4. The van der Waals surface area contributed by atoms with Gasteiger partial charge in [-0.2, -0.15) is 0 Å². The zero-order valence-electron chi connectivity index (χ0n) is 13.5. The van der Waals surface area contributed by atoms with Gasteiger partial charge in [-0.15, -0.1) is 0 Å². The lowest BCUT2D eigenvalue weighted by molar-refractivity contribution is -0.163. The van der Waals surface area contributed by atoms with Crippen LogP contribution in [0.2, 0.25) is 0 Å². The molecule has 0 unspecified atom stereocenters. The molecule has 2 amide bonds. The number of carbonyl (C=O) groups excluding carboxylic acids is 2. The van der Waals surface area contributed by atoms with Crippen molar-refractivity contribution in [1.29, 1.82) is 0 Å². The minimum absolute atomic E-state index is 0.0959. The maximum atomic E-state index is 12.9. The van der Waals surface area contributed by atoms with E-state index in [0.717, 1.165) is 25.7 Å². The molecular weight excluding hydrogens is 300 g/mol. The van der Waals surface area contributed by atoms with Crippen molar-refractivity contribution in [1.82, 2.24) is 4.90 Å². The largest absolute Gasteiger partial charge is 0.480 e. The van der Waals surface area contributed by atoms with Crippen molar-refractivity contribution in [3.05, 3.63) is 0 Å². The average Bonchev–Trinajstić information content (AvgIpc) is 2.79. The molecule has 130 valence electrons. The fourth-order valence-corrected chi connectivity index (χ4v) is 3.58. The van der Waals surface area contributed by atoms with E-state index in [-0.39, 0.29) is 18.6 Å². The van der Waals surface area contributed by atoms with E-state index in [2.05, 4.69) is 0 Å². The number of primary amides is 1.